The number of hydrazone groups is 1. The number of rotatable bonds is 7. The van der Waals surface area contributed by atoms with Crippen LogP contribution in [0.1, 0.15) is 25.0 Å². The molecule has 0 heterocycles. The lowest BCUT2D eigenvalue weighted by molar-refractivity contribution is -0.129. The SMILES string of the molecule is CC(=O)N(CC(C)C#N)/N=C/c1ccccc1OCc1ccccc1. The molecule has 0 aliphatic carbocycles. The van der Waals surface area contributed by atoms with Gasteiger partial charge in [0.1, 0.15) is 12.4 Å². The van der Waals surface area contributed by atoms with Crippen molar-refractivity contribution in [3.63, 3.8) is 0 Å². The Morgan fingerprint density at radius 1 is 1.24 bits per heavy atom. The van der Waals surface area contributed by atoms with Crippen LogP contribution in [-0.2, 0) is 11.4 Å². The van der Waals surface area contributed by atoms with Crippen LogP contribution in [-0.4, -0.2) is 23.7 Å². The van der Waals surface area contributed by atoms with Crippen molar-refractivity contribution in [3.05, 3.63) is 65.7 Å². The van der Waals surface area contributed by atoms with Crippen molar-refractivity contribution in [3.8, 4) is 11.8 Å². The molecule has 1 amide bonds. The summed E-state index contributed by atoms with van der Waals surface area (Å²) in [6, 6.07) is 19.5. The summed E-state index contributed by atoms with van der Waals surface area (Å²) >= 11 is 0. The van der Waals surface area contributed by atoms with Crippen molar-refractivity contribution in [1.29, 1.82) is 5.26 Å². The molecule has 128 valence electrons. The zero-order chi connectivity index (χ0) is 18.1. The number of para-hydroxylation sites is 1. The average Bonchev–Trinajstić information content (AvgIpc) is 2.64. The highest BCUT2D eigenvalue weighted by Crippen LogP contribution is 2.18. The van der Waals surface area contributed by atoms with E-state index in [4.69, 9.17) is 10.00 Å². The van der Waals surface area contributed by atoms with E-state index in [2.05, 4.69) is 11.2 Å². The standard InChI is InChI=1S/C20H21N3O2/c1-16(12-21)14-23(17(2)24)22-13-19-10-6-7-11-20(19)25-15-18-8-4-3-5-9-18/h3-11,13,16H,14-15H2,1-2H3/b22-13+. The number of carbonyl (C=O) groups excluding carboxylic acids is 1. The maximum absolute atomic E-state index is 11.7. The van der Waals surface area contributed by atoms with Gasteiger partial charge in [0.05, 0.1) is 24.7 Å². The lowest BCUT2D eigenvalue weighted by Gasteiger charge is -2.16. The molecule has 5 heteroatoms. The molecule has 5 nitrogen and oxygen atoms in total. The van der Waals surface area contributed by atoms with Crippen molar-refractivity contribution >= 4 is 12.1 Å². The van der Waals surface area contributed by atoms with Gasteiger partial charge < -0.3 is 4.74 Å². The van der Waals surface area contributed by atoms with E-state index in [-0.39, 0.29) is 18.4 Å². The van der Waals surface area contributed by atoms with Gasteiger partial charge in [-0.2, -0.15) is 10.4 Å². The van der Waals surface area contributed by atoms with E-state index < -0.39 is 0 Å². The second-order valence-corrected chi connectivity index (χ2v) is 5.69. The largest absolute Gasteiger partial charge is 0.488 e. The van der Waals surface area contributed by atoms with E-state index in [0.717, 1.165) is 11.1 Å². The van der Waals surface area contributed by atoms with Crippen LogP contribution < -0.4 is 4.74 Å². The monoisotopic (exact) mass is 335 g/mol. The summed E-state index contributed by atoms with van der Waals surface area (Å²) < 4.78 is 5.87. The Balaban J connectivity index is 2.10. The zero-order valence-electron chi connectivity index (χ0n) is 14.4. The van der Waals surface area contributed by atoms with Crippen LogP contribution in [0.25, 0.3) is 0 Å². The van der Waals surface area contributed by atoms with Gasteiger partial charge in [0.15, 0.2) is 0 Å². The number of hydrogen-bond donors (Lipinski definition) is 0. The van der Waals surface area contributed by atoms with Crippen molar-refractivity contribution in [1.82, 2.24) is 5.01 Å². The predicted molar refractivity (Wildman–Crippen MR) is 97.0 cm³/mol. The third-order valence-corrected chi connectivity index (χ3v) is 3.52. The molecule has 2 rings (SSSR count). The van der Waals surface area contributed by atoms with E-state index in [1.165, 1.54) is 11.9 Å². The molecular formula is C20H21N3O2. The van der Waals surface area contributed by atoms with E-state index in [0.29, 0.717) is 12.4 Å². The van der Waals surface area contributed by atoms with Crippen molar-refractivity contribution in [2.24, 2.45) is 11.0 Å². The number of nitrogens with zero attached hydrogens (tertiary/aromatic N) is 3. The van der Waals surface area contributed by atoms with Crippen LogP contribution in [0.15, 0.2) is 59.7 Å². The first-order valence-electron chi connectivity index (χ1n) is 8.07. The molecule has 1 atom stereocenters. The number of hydrogen-bond acceptors (Lipinski definition) is 4. The summed E-state index contributed by atoms with van der Waals surface area (Å²) in [5.74, 6) is 0.193. The van der Waals surface area contributed by atoms with Crippen LogP contribution in [0.5, 0.6) is 5.75 Å². The molecule has 1 unspecified atom stereocenters. The minimum Gasteiger partial charge on any atom is -0.488 e. The van der Waals surface area contributed by atoms with Gasteiger partial charge in [-0.3, -0.25) is 4.79 Å². The molecule has 0 fully saturated rings. The predicted octanol–water partition coefficient (Wildman–Crippen LogP) is 3.61. The van der Waals surface area contributed by atoms with Crippen LogP contribution in [0.2, 0.25) is 0 Å². The van der Waals surface area contributed by atoms with Crippen LogP contribution >= 0.6 is 0 Å². The third-order valence-electron chi connectivity index (χ3n) is 3.52. The Morgan fingerprint density at radius 3 is 2.60 bits per heavy atom. The fourth-order valence-corrected chi connectivity index (χ4v) is 2.14. The Labute approximate surface area is 148 Å². The maximum atomic E-state index is 11.7. The van der Waals surface area contributed by atoms with E-state index >= 15 is 0 Å². The molecular weight excluding hydrogens is 314 g/mol. The quantitative estimate of drug-likeness (QED) is 0.573. The second kappa shape index (κ2) is 9.24. The lowest BCUT2D eigenvalue weighted by atomic mass is 10.2. The van der Waals surface area contributed by atoms with Gasteiger partial charge in [-0.1, -0.05) is 42.5 Å². The molecule has 0 aromatic heterocycles. The molecule has 0 aliphatic heterocycles. The minimum absolute atomic E-state index is 0.207. The first-order valence-corrected chi connectivity index (χ1v) is 8.07. The number of nitriles is 1. The summed E-state index contributed by atoms with van der Waals surface area (Å²) in [4.78, 5) is 11.7. The molecule has 0 aliphatic rings. The smallest absolute Gasteiger partial charge is 0.239 e. The van der Waals surface area contributed by atoms with Crippen molar-refractivity contribution < 1.29 is 9.53 Å². The molecule has 0 radical (unpaired) electrons. The van der Waals surface area contributed by atoms with Crippen molar-refractivity contribution in [2.45, 2.75) is 20.5 Å². The van der Waals surface area contributed by atoms with Crippen LogP contribution in [0, 0.1) is 17.2 Å². The molecule has 0 spiro atoms. The summed E-state index contributed by atoms with van der Waals surface area (Å²) in [7, 11) is 0. The third kappa shape index (κ3) is 5.78. The topological polar surface area (TPSA) is 65.7 Å². The zero-order valence-corrected chi connectivity index (χ0v) is 14.4. The summed E-state index contributed by atoms with van der Waals surface area (Å²) in [5, 5.41) is 14.4. The van der Waals surface area contributed by atoms with Gasteiger partial charge in [-0.25, -0.2) is 5.01 Å². The Bertz CT molecular complexity index is 766. The maximum Gasteiger partial charge on any atom is 0.239 e. The van der Waals surface area contributed by atoms with E-state index in [1.807, 2.05) is 54.6 Å². The highest BCUT2D eigenvalue weighted by Gasteiger charge is 2.11. The Kier molecular flexibility index (Phi) is 6.73. The first-order chi connectivity index (χ1) is 12.1. The number of ether oxygens (including phenoxy) is 1. The molecule has 25 heavy (non-hydrogen) atoms. The molecule has 0 saturated heterocycles. The molecule has 0 bridgehead atoms. The van der Waals surface area contributed by atoms with Gasteiger partial charge in [0.25, 0.3) is 0 Å². The fourth-order valence-electron chi connectivity index (χ4n) is 2.14. The number of carbonyl (C=O) groups is 1. The molecule has 0 saturated carbocycles. The highest BCUT2D eigenvalue weighted by atomic mass is 16.5. The summed E-state index contributed by atoms with van der Waals surface area (Å²) in [6.07, 6.45) is 1.59. The van der Waals surface area contributed by atoms with Gasteiger partial charge in [-0.05, 0) is 24.6 Å². The van der Waals surface area contributed by atoms with E-state index in [1.54, 1.807) is 13.1 Å². The van der Waals surface area contributed by atoms with Gasteiger partial charge in [0.2, 0.25) is 5.91 Å². The first kappa shape index (κ1) is 18.2. The molecule has 2 aromatic carbocycles. The normalized spacial score (nSPS) is 11.7. The van der Waals surface area contributed by atoms with Crippen LogP contribution in [0.3, 0.4) is 0 Å². The summed E-state index contributed by atoms with van der Waals surface area (Å²) in [6.45, 7) is 3.89. The average molecular weight is 335 g/mol. The molecule has 2 aromatic rings. The summed E-state index contributed by atoms with van der Waals surface area (Å²) in [5.41, 5.74) is 1.84. The lowest BCUT2D eigenvalue weighted by Crippen LogP contribution is -2.27. The van der Waals surface area contributed by atoms with Crippen LogP contribution in [0.4, 0.5) is 0 Å². The van der Waals surface area contributed by atoms with Gasteiger partial charge in [-0.15, -0.1) is 0 Å². The fraction of sp³-hybridized carbons (Fsp3) is 0.250. The number of amides is 1. The number of benzene rings is 2. The van der Waals surface area contributed by atoms with Crippen molar-refractivity contribution in [2.75, 3.05) is 6.54 Å². The second-order valence-electron chi connectivity index (χ2n) is 5.69. The highest BCUT2D eigenvalue weighted by molar-refractivity contribution is 5.84. The van der Waals surface area contributed by atoms with E-state index in [9.17, 15) is 4.79 Å². The Morgan fingerprint density at radius 2 is 1.92 bits per heavy atom. The Hall–Kier alpha value is -3.13. The van der Waals surface area contributed by atoms with Gasteiger partial charge >= 0.3 is 0 Å². The van der Waals surface area contributed by atoms with Gasteiger partial charge in [0, 0.05) is 12.5 Å². The molecule has 0 N–H and O–H groups in total. The minimum atomic E-state index is -0.286.